The fraction of sp³-hybridized carbons (Fsp3) is 0.350. The summed E-state index contributed by atoms with van der Waals surface area (Å²) in [5.41, 5.74) is 2.01. The van der Waals surface area contributed by atoms with Gasteiger partial charge in [0, 0.05) is 36.6 Å². The molecule has 1 amide bonds. The van der Waals surface area contributed by atoms with Crippen LogP contribution in [0.1, 0.15) is 36.5 Å². The largest absolute Gasteiger partial charge is 0.619 e. The Morgan fingerprint density at radius 1 is 1.07 bits per heavy atom. The number of aromatic nitrogens is 1. The van der Waals surface area contributed by atoms with Gasteiger partial charge < -0.3 is 20.2 Å². The van der Waals surface area contributed by atoms with Crippen LogP contribution in [0.15, 0.2) is 48.8 Å². The highest BCUT2D eigenvalue weighted by molar-refractivity contribution is 5.97. The van der Waals surface area contributed by atoms with Crippen molar-refractivity contribution in [3.05, 3.63) is 59.6 Å². The van der Waals surface area contributed by atoms with Crippen molar-refractivity contribution in [1.29, 1.82) is 0 Å². The minimum Gasteiger partial charge on any atom is -0.619 e. The molecular formula is C20H23N3O4. The van der Waals surface area contributed by atoms with Crippen LogP contribution >= 0.6 is 0 Å². The Labute approximate surface area is 158 Å². The van der Waals surface area contributed by atoms with E-state index in [1.807, 2.05) is 24.3 Å². The quantitative estimate of drug-likeness (QED) is 0.497. The van der Waals surface area contributed by atoms with E-state index in [4.69, 9.17) is 4.74 Å². The van der Waals surface area contributed by atoms with Crippen molar-refractivity contribution in [3.63, 3.8) is 0 Å². The van der Waals surface area contributed by atoms with Crippen LogP contribution in [0.2, 0.25) is 0 Å². The van der Waals surface area contributed by atoms with Gasteiger partial charge in [0.1, 0.15) is 0 Å². The van der Waals surface area contributed by atoms with Crippen LogP contribution in [0.4, 0.5) is 11.4 Å². The van der Waals surface area contributed by atoms with E-state index in [0.29, 0.717) is 10.4 Å². The molecule has 7 heteroatoms. The van der Waals surface area contributed by atoms with E-state index >= 15 is 0 Å². The summed E-state index contributed by atoms with van der Waals surface area (Å²) in [6, 6.07) is 10.4. The summed E-state index contributed by atoms with van der Waals surface area (Å²) in [4.78, 5) is 26.6. The minimum absolute atomic E-state index is 0.215. The van der Waals surface area contributed by atoms with Gasteiger partial charge in [-0.3, -0.25) is 4.79 Å². The predicted octanol–water partition coefficient (Wildman–Crippen LogP) is 2.49. The van der Waals surface area contributed by atoms with Gasteiger partial charge in [-0.2, -0.15) is 4.73 Å². The normalized spacial score (nSPS) is 15.1. The van der Waals surface area contributed by atoms with Crippen LogP contribution in [0.3, 0.4) is 0 Å². The fourth-order valence-electron chi connectivity index (χ4n) is 2.98. The number of nitrogens with zero attached hydrogens (tertiary/aromatic N) is 2. The average molecular weight is 369 g/mol. The summed E-state index contributed by atoms with van der Waals surface area (Å²) in [5, 5.41) is 13.7. The van der Waals surface area contributed by atoms with Crippen LogP contribution in [0.5, 0.6) is 0 Å². The summed E-state index contributed by atoms with van der Waals surface area (Å²) in [6.45, 7) is 3.63. The molecule has 0 unspecified atom stereocenters. The zero-order valence-electron chi connectivity index (χ0n) is 15.3. The smallest absolute Gasteiger partial charge is 0.339 e. The molecule has 1 aromatic carbocycles. The lowest BCUT2D eigenvalue weighted by Crippen LogP contribution is -2.31. The number of carbonyl (C=O) groups is 2. The highest BCUT2D eigenvalue weighted by atomic mass is 16.5. The molecule has 142 valence electrons. The predicted molar refractivity (Wildman–Crippen MR) is 101 cm³/mol. The van der Waals surface area contributed by atoms with Gasteiger partial charge in [-0.05, 0) is 50.5 Å². The maximum atomic E-state index is 12.3. The second-order valence-corrected chi connectivity index (χ2v) is 6.58. The number of piperidine rings is 1. The number of anilines is 2. The Balaban J connectivity index is 1.54. The lowest BCUT2D eigenvalue weighted by Gasteiger charge is -2.28. The van der Waals surface area contributed by atoms with Crippen molar-refractivity contribution in [2.75, 3.05) is 23.3 Å². The molecule has 1 aliphatic rings. The molecule has 1 aromatic heterocycles. The molecule has 2 aromatic rings. The van der Waals surface area contributed by atoms with Crippen molar-refractivity contribution in [1.82, 2.24) is 0 Å². The fourth-order valence-corrected chi connectivity index (χ4v) is 2.98. The standard InChI is InChI=1S/C20H23N3O4/c1-15(27-20(25)16-9-13-23(26)14-10-16)19(24)21-17-5-7-18(8-6-17)22-11-3-2-4-12-22/h5-10,13-15H,2-4,11-12H2,1H3,(H,21,24)/t15-/m1/s1. The zero-order valence-corrected chi connectivity index (χ0v) is 15.3. The number of benzene rings is 1. The molecule has 27 heavy (non-hydrogen) atoms. The molecule has 0 aliphatic carbocycles. The maximum absolute atomic E-state index is 12.3. The molecule has 0 saturated carbocycles. The van der Waals surface area contributed by atoms with E-state index in [9.17, 15) is 14.8 Å². The van der Waals surface area contributed by atoms with Crippen LogP contribution in [0.25, 0.3) is 0 Å². The Morgan fingerprint density at radius 2 is 1.70 bits per heavy atom. The third-order valence-electron chi connectivity index (χ3n) is 4.55. The van der Waals surface area contributed by atoms with Gasteiger partial charge >= 0.3 is 5.97 Å². The number of ether oxygens (including phenoxy) is 1. The van der Waals surface area contributed by atoms with E-state index in [2.05, 4.69) is 10.2 Å². The number of rotatable bonds is 5. The molecule has 1 atom stereocenters. The van der Waals surface area contributed by atoms with E-state index in [1.54, 1.807) is 0 Å². The second kappa shape index (κ2) is 8.53. The third kappa shape index (κ3) is 4.97. The second-order valence-electron chi connectivity index (χ2n) is 6.58. The van der Waals surface area contributed by atoms with Gasteiger partial charge in [-0.15, -0.1) is 0 Å². The van der Waals surface area contributed by atoms with Crippen molar-refractivity contribution in [2.24, 2.45) is 0 Å². The van der Waals surface area contributed by atoms with E-state index in [0.717, 1.165) is 18.8 Å². The van der Waals surface area contributed by atoms with E-state index in [-0.39, 0.29) is 5.56 Å². The molecule has 0 spiro atoms. The Hall–Kier alpha value is -3.09. The molecule has 2 heterocycles. The first-order valence-electron chi connectivity index (χ1n) is 9.08. The summed E-state index contributed by atoms with van der Waals surface area (Å²) in [7, 11) is 0. The summed E-state index contributed by atoms with van der Waals surface area (Å²) in [6.07, 6.45) is 5.13. The monoisotopic (exact) mass is 369 g/mol. The highest BCUT2D eigenvalue weighted by Crippen LogP contribution is 2.22. The number of esters is 1. The van der Waals surface area contributed by atoms with Gasteiger partial charge in [0.15, 0.2) is 18.5 Å². The molecule has 1 saturated heterocycles. The topological polar surface area (TPSA) is 85.6 Å². The molecule has 1 fully saturated rings. The number of nitrogens with one attached hydrogen (secondary N) is 1. The molecule has 0 radical (unpaired) electrons. The van der Waals surface area contributed by atoms with Crippen molar-refractivity contribution >= 4 is 23.3 Å². The molecular weight excluding hydrogens is 346 g/mol. The molecule has 3 rings (SSSR count). The molecule has 1 aliphatic heterocycles. The van der Waals surface area contributed by atoms with Gasteiger partial charge in [-0.25, -0.2) is 4.79 Å². The van der Waals surface area contributed by atoms with Crippen LogP contribution < -0.4 is 14.9 Å². The minimum atomic E-state index is -0.959. The van der Waals surface area contributed by atoms with Crippen molar-refractivity contribution in [2.45, 2.75) is 32.3 Å². The van der Waals surface area contributed by atoms with Crippen molar-refractivity contribution in [3.8, 4) is 0 Å². The molecule has 1 N–H and O–H groups in total. The molecule has 0 bridgehead atoms. The molecule has 7 nitrogen and oxygen atoms in total. The van der Waals surface area contributed by atoms with Crippen molar-refractivity contribution < 1.29 is 19.1 Å². The van der Waals surface area contributed by atoms with Gasteiger partial charge in [0.05, 0.1) is 5.56 Å². The summed E-state index contributed by atoms with van der Waals surface area (Å²) >= 11 is 0. The Morgan fingerprint density at radius 3 is 2.33 bits per heavy atom. The number of hydrogen-bond donors (Lipinski definition) is 1. The first-order chi connectivity index (χ1) is 13.0. The Bertz CT molecular complexity index is 784. The first-order valence-corrected chi connectivity index (χ1v) is 9.08. The highest BCUT2D eigenvalue weighted by Gasteiger charge is 2.19. The first kappa shape index (κ1) is 18.7. The number of pyridine rings is 1. The lowest BCUT2D eigenvalue weighted by atomic mass is 10.1. The maximum Gasteiger partial charge on any atom is 0.339 e. The van der Waals surface area contributed by atoms with Gasteiger partial charge in [0.25, 0.3) is 5.91 Å². The average Bonchev–Trinajstić information content (AvgIpc) is 2.69. The lowest BCUT2D eigenvalue weighted by molar-refractivity contribution is -0.605. The van der Waals surface area contributed by atoms with Crippen LogP contribution in [-0.4, -0.2) is 31.1 Å². The number of carbonyl (C=O) groups excluding carboxylic acids is 2. The number of amides is 1. The summed E-state index contributed by atoms with van der Waals surface area (Å²) in [5.74, 6) is -1.07. The van der Waals surface area contributed by atoms with E-state index in [1.165, 1.54) is 50.7 Å². The third-order valence-corrected chi connectivity index (χ3v) is 4.55. The van der Waals surface area contributed by atoms with Gasteiger partial charge in [-0.1, -0.05) is 0 Å². The summed E-state index contributed by atoms with van der Waals surface area (Å²) < 4.78 is 5.73. The number of hydrogen-bond acceptors (Lipinski definition) is 5. The van der Waals surface area contributed by atoms with Gasteiger partial charge in [0.2, 0.25) is 0 Å². The SMILES string of the molecule is C[C@@H](OC(=O)c1cc[n+]([O-])cc1)C(=O)Nc1ccc(N2CCCCC2)cc1. The van der Waals surface area contributed by atoms with E-state index < -0.39 is 18.0 Å². The Kier molecular flexibility index (Phi) is 5.90. The van der Waals surface area contributed by atoms with Crippen LogP contribution in [0, 0.1) is 5.21 Å². The van der Waals surface area contributed by atoms with Crippen LogP contribution in [-0.2, 0) is 9.53 Å². The zero-order chi connectivity index (χ0) is 19.2.